The molecule has 0 aliphatic heterocycles. The van der Waals surface area contributed by atoms with Crippen LogP contribution in [-0.2, 0) is 6.61 Å². The van der Waals surface area contributed by atoms with Crippen LogP contribution < -0.4 is 10.1 Å². The van der Waals surface area contributed by atoms with E-state index in [9.17, 15) is 0 Å². The number of benzene rings is 1. The molecule has 0 aliphatic rings. The number of ether oxygens (including phenoxy) is 1. The first-order valence-corrected chi connectivity index (χ1v) is 6.09. The van der Waals surface area contributed by atoms with E-state index in [1.807, 2.05) is 31.2 Å². The molecule has 0 radical (unpaired) electrons. The molecule has 0 fully saturated rings. The molecule has 1 aromatic heterocycles. The highest BCUT2D eigenvalue weighted by atomic mass is 35.5. The third-order valence-electron chi connectivity index (χ3n) is 2.27. The number of nitrogens with zero attached hydrogens (tertiary/aromatic N) is 2. The summed E-state index contributed by atoms with van der Waals surface area (Å²) in [6.07, 6.45) is 3.26. The Kier molecular flexibility index (Phi) is 4.36. The first-order valence-electron chi connectivity index (χ1n) is 5.71. The van der Waals surface area contributed by atoms with Gasteiger partial charge in [-0.25, -0.2) is 0 Å². The zero-order chi connectivity index (χ0) is 12.8. The second-order valence-electron chi connectivity index (χ2n) is 3.69. The van der Waals surface area contributed by atoms with Crippen LogP contribution in [0.2, 0.25) is 5.02 Å². The highest BCUT2D eigenvalue weighted by molar-refractivity contribution is 6.30. The summed E-state index contributed by atoms with van der Waals surface area (Å²) in [5.74, 6) is 1.22. The highest BCUT2D eigenvalue weighted by Crippen LogP contribution is 2.13. The third kappa shape index (κ3) is 3.60. The number of hydrogen-bond donors (Lipinski definition) is 1. The smallest absolute Gasteiger partial charge is 0.234 e. The van der Waals surface area contributed by atoms with Gasteiger partial charge in [0.1, 0.15) is 12.4 Å². The third-order valence-corrected chi connectivity index (χ3v) is 2.52. The van der Waals surface area contributed by atoms with E-state index >= 15 is 0 Å². The summed E-state index contributed by atoms with van der Waals surface area (Å²) >= 11 is 5.81. The van der Waals surface area contributed by atoms with Gasteiger partial charge in [0, 0.05) is 11.6 Å². The molecule has 0 aliphatic carbocycles. The maximum absolute atomic E-state index is 5.81. The second kappa shape index (κ2) is 6.21. The van der Waals surface area contributed by atoms with Crippen molar-refractivity contribution in [1.29, 1.82) is 0 Å². The van der Waals surface area contributed by atoms with Crippen LogP contribution in [0, 0.1) is 0 Å². The zero-order valence-electron chi connectivity index (χ0n) is 10.1. The molecule has 0 amide bonds. The molecule has 4 nitrogen and oxygen atoms in total. The predicted octanol–water partition coefficient (Wildman–Crippen LogP) is 3.14. The minimum atomic E-state index is 0.446. The van der Waals surface area contributed by atoms with Crippen molar-refractivity contribution in [2.24, 2.45) is 0 Å². The summed E-state index contributed by atoms with van der Waals surface area (Å²) in [5, 5.41) is 3.80. The van der Waals surface area contributed by atoms with Crippen molar-refractivity contribution in [3.8, 4) is 5.88 Å². The summed E-state index contributed by atoms with van der Waals surface area (Å²) in [6, 6.07) is 7.51. The summed E-state index contributed by atoms with van der Waals surface area (Å²) < 4.78 is 5.56. The van der Waals surface area contributed by atoms with Gasteiger partial charge in [-0.2, -0.15) is 4.98 Å². The average Bonchev–Trinajstić information content (AvgIpc) is 2.39. The molecule has 2 aromatic rings. The predicted molar refractivity (Wildman–Crippen MR) is 72.0 cm³/mol. The lowest BCUT2D eigenvalue weighted by Crippen LogP contribution is -2.02. The largest absolute Gasteiger partial charge is 0.472 e. The van der Waals surface area contributed by atoms with E-state index in [0.29, 0.717) is 23.3 Å². The van der Waals surface area contributed by atoms with Gasteiger partial charge in [0.2, 0.25) is 5.88 Å². The molecule has 0 saturated heterocycles. The van der Waals surface area contributed by atoms with Crippen LogP contribution >= 0.6 is 11.6 Å². The van der Waals surface area contributed by atoms with Gasteiger partial charge >= 0.3 is 0 Å². The van der Waals surface area contributed by atoms with Crippen molar-refractivity contribution in [3.63, 3.8) is 0 Å². The van der Waals surface area contributed by atoms with Crippen molar-refractivity contribution in [3.05, 3.63) is 47.2 Å². The summed E-state index contributed by atoms with van der Waals surface area (Å²) in [6.45, 7) is 3.25. The van der Waals surface area contributed by atoms with Crippen LogP contribution in [0.4, 0.5) is 5.82 Å². The minimum absolute atomic E-state index is 0.446. The van der Waals surface area contributed by atoms with Crippen molar-refractivity contribution < 1.29 is 4.74 Å². The normalized spacial score (nSPS) is 10.1. The van der Waals surface area contributed by atoms with Crippen LogP contribution in [0.25, 0.3) is 0 Å². The topological polar surface area (TPSA) is 47.0 Å². The number of hydrogen-bond acceptors (Lipinski definition) is 4. The van der Waals surface area contributed by atoms with Crippen molar-refractivity contribution in [1.82, 2.24) is 9.97 Å². The van der Waals surface area contributed by atoms with Crippen molar-refractivity contribution >= 4 is 17.4 Å². The lowest BCUT2D eigenvalue weighted by Gasteiger charge is -2.07. The molecule has 0 bridgehead atoms. The van der Waals surface area contributed by atoms with Gasteiger partial charge in [0.15, 0.2) is 0 Å². The molecule has 2 rings (SSSR count). The van der Waals surface area contributed by atoms with Crippen LogP contribution in [0.15, 0.2) is 36.7 Å². The standard InChI is InChI=1S/C13H14ClN3O/c1-2-16-12-7-15-8-13(17-12)18-9-10-3-5-11(14)6-4-10/h3-8H,2,9H2,1H3,(H,16,17). The van der Waals surface area contributed by atoms with Crippen LogP contribution in [0.5, 0.6) is 5.88 Å². The molecule has 0 atom stereocenters. The lowest BCUT2D eigenvalue weighted by atomic mass is 10.2. The molecular formula is C13H14ClN3O. The van der Waals surface area contributed by atoms with Crippen molar-refractivity contribution in [2.45, 2.75) is 13.5 Å². The summed E-state index contributed by atoms with van der Waals surface area (Å²) in [7, 11) is 0. The molecule has 1 aromatic carbocycles. The number of anilines is 1. The van der Waals surface area contributed by atoms with E-state index in [2.05, 4.69) is 15.3 Å². The Balaban J connectivity index is 1.97. The summed E-state index contributed by atoms with van der Waals surface area (Å²) in [5.41, 5.74) is 1.04. The number of rotatable bonds is 5. The van der Waals surface area contributed by atoms with Gasteiger partial charge in [-0.3, -0.25) is 4.98 Å². The fourth-order valence-corrected chi connectivity index (χ4v) is 1.55. The van der Waals surface area contributed by atoms with Gasteiger partial charge in [-0.15, -0.1) is 0 Å². The molecule has 0 saturated carbocycles. The van der Waals surface area contributed by atoms with E-state index in [-0.39, 0.29) is 0 Å². The maximum Gasteiger partial charge on any atom is 0.234 e. The monoisotopic (exact) mass is 263 g/mol. The quantitative estimate of drug-likeness (QED) is 0.900. The molecule has 1 N–H and O–H groups in total. The first kappa shape index (κ1) is 12.6. The average molecular weight is 264 g/mol. The van der Waals surface area contributed by atoms with Crippen LogP contribution in [0.1, 0.15) is 12.5 Å². The highest BCUT2D eigenvalue weighted by Gasteiger charge is 2.00. The Morgan fingerprint density at radius 3 is 2.72 bits per heavy atom. The van der Waals surface area contributed by atoms with E-state index in [1.165, 1.54) is 0 Å². The Labute approximate surface area is 111 Å². The molecule has 94 valence electrons. The van der Waals surface area contributed by atoms with Gasteiger partial charge in [-0.1, -0.05) is 23.7 Å². The zero-order valence-corrected chi connectivity index (χ0v) is 10.8. The number of nitrogens with one attached hydrogen (secondary N) is 1. The summed E-state index contributed by atoms with van der Waals surface area (Å²) in [4.78, 5) is 8.33. The molecule has 18 heavy (non-hydrogen) atoms. The molecule has 0 spiro atoms. The molecule has 5 heteroatoms. The number of aromatic nitrogens is 2. The SMILES string of the molecule is CCNc1cncc(OCc2ccc(Cl)cc2)n1. The molecule has 1 heterocycles. The molecule has 0 unspecified atom stereocenters. The molecular weight excluding hydrogens is 250 g/mol. The van der Waals surface area contributed by atoms with E-state index < -0.39 is 0 Å². The van der Waals surface area contributed by atoms with Gasteiger partial charge in [-0.05, 0) is 24.6 Å². The Hall–Kier alpha value is -1.81. The van der Waals surface area contributed by atoms with Crippen LogP contribution in [-0.4, -0.2) is 16.5 Å². The Bertz CT molecular complexity index is 502. The van der Waals surface area contributed by atoms with E-state index in [0.717, 1.165) is 12.1 Å². The van der Waals surface area contributed by atoms with E-state index in [1.54, 1.807) is 12.4 Å². The first-order chi connectivity index (χ1) is 8.78. The second-order valence-corrected chi connectivity index (χ2v) is 4.12. The van der Waals surface area contributed by atoms with Crippen LogP contribution in [0.3, 0.4) is 0 Å². The fraction of sp³-hybridized carbons (Fsp3) is 0.231. The van der Waals surface area contributed by atoms with Gasteiger partial charge in [0.25, 0.3) is 0 Å². The maximum atomic E-state index is 5.81. The van der Waals surface area contributed by atoms with Crippen molar-refractivity contribution in [2.75, 3.05) is 11.9 Å². The fourth-order valence-electron chi connectivity index (χ4n) is 1.42. The van der Waals surface area contributed by atoms with Gasteiger partial charge in [0.05, 0.1) is 12.4 Å². The van der Waals surface area contributed by atoms with E-state index in [4.69, 9.17) is 16.3 Å². The number of halogens is 1. The Morgan fingerprint density at radius 1 is 1.22 bits per heavy atom. The lowest BCUT2D eigenvalue weighted by molar-refractivity contribution is 0.293. The minimum Gasteiger partial charge on any atom is -0.472 e. The van der Waals surface area contributed by atoms with Gasteiger partial charge < -0.3 is 10.1 Å². The Morgan fingerprint density at radius 2 is 2.00 bits per heavy atom.